The predicted octanol–water partition coefficient (Wildman–Crippen LogP) is 2.43. The van der Waals surface area contributed by atoms with Gasteiger partial charge in [0.2, 0.25) is 0 Å². The Labute approximate surface area is 106 Å². The highest BCUT2D eigenvalue weighted by molar-refractivity contribution is 7.92. The summed E-state index contributed by atoms with van der Waals surface area (Å²) in [6, 6.07) is 8.27. The largest absolute Gasteiger partial charge is 0.363 e. The molecule has 18 heavy (non-hydrogen) atoms. The molecule has 0 fully saturated rings. The molecule has 0 saturated carbocycles. The fourth-order valence-corrected chi connectivity index (χ4v) is 2.58. The molecule has 0 spiro atoms. The molecular weight excluding hydrogens is 252 g/mol. The van der Waals surface area contributed by atoms with Crippen LogP contribution in [0.4, 0.5) is 5.82 Å². The lowest BCUT2D eigenvalue weighted by Crippen LogP contribution is -2.13. The summed E-state index contributed by atoms with van der Waals surface area (Å²) in [7, 11) is -3.59. The maximum Gasteiger partial charge on any atom is 0.263 e. The maximum atomic E-state index is 12.0. The first-order valence-corrected chi connectivity index (χ1v) is 7.12. The number of benzene rings is 1. The molecule has 1 aromatic carbocycles. The third-order valence-corrected chi connectivity index (χ3v) is 3.82. The number of nitrogens with one attached hydrogen (secondary N) is 1. The van der Waals surface area contributed by atoms with E-state index in [4.69, 9.17) is 0 Å². The molecule has 0 aliphatic carbocycles. The first kappa shape index (κ1) is 12.6. The third-order valence-electron chi connectivity index (χ3n) is 2.45. The van der Waals surface area contributed by atoms with Gasteiger partial charge in [0.15, 0.2) is 5.82 Å². The third kappa shape index (κ3) is 2.89. The molecule has 2 aromatic rings. The smallest absolute Gasteiger partial charge is 0.263 e. The second-order valence-corrected chi connectivity index (χ2v) is 5.57. The zero-order chi connectivity index (χ0) is 13.0. The lowest BCUT2D eigenvalue weighted by atomic mass is 10.1. The van der Waals surface area contributed by atoms with Gasteiger partial charge in [0, 0.05) is 6.07 Å². The van der Waals surface area contributed by atoms with Crippen LogP contribution in [0.3, 0.4) is 0 Å². The van der Waals surface area contributed by atoms with E-state index in [1.165, 1.54) is 12.3 Å². The average Bonchev–Trinajstić information content (AvgIpc) is 2.82. The number of rotatable bonds is 5. The molecule has 6 heteroatoms. The Balaban J connectivity index is 2.19. The van der Waals surface area contributed by atoms with Gasteiger partial charge in [-0.15, -0.1) is 0 Å². The van der Waals surface area contributed by atoms with Crippen molar-refractivity contribution in [3.05, 3.63) is 42.2 Å². The summed E-state index contributed by atoms with van der Waals surface area (Å²) >= 11 is 0. The number of hydrogen-bond donors (Lipinski definition) is 1. The van der Waals surface area contributed by atoms with Gasteiger partial charge >= 0.3 is 0 Å². The number of aromatic nitrogens is 1. The molecule has 1 aromatic heterocycles. The molecule has 0 unspecified atom stereocenters. The Bertz CT molecular complexity index is 589. The molecule has 0 aliphatic heterocycles. The number of nitrogens with zero attached hydrogens (tertiary/aromatic N) is 1. The summed E-state index contributed by atoms with van der Waals surface area (Å²) in [6.45, 7) is 2.08. The molecule has 5 nitrogen and oxygen atoms in total. The van der Waals surface area contributed by atoms with Crippen molar-refractivity contribution in [2.24, 2.45) is 0 Å². The van der Waals surface area contributed by atoms with Gasteiger partial charge in [-0.05, 0) is 24.1 Å². The second kappa shape index (κ2) is 5.22. The topological polar surface area (TPSA) is 72.2 Å². The number of aryl methyl sites for hydroxylation is 1. The van der Waals surface area contributed by atoms with Crippen molar-refractivity contribution >= 4 is 15.8 Å². The number of hydrogen-bond acceptors (Lipinski definition) is 4. The van der Waals surface area contributed by atoms with Crippen molar-refractivity contribution < 1.29 is 12.9 Å². The van der Waals surface area contributed by atoms with Crippen molar-refractivity contribution in [2.45, 2.75) is 24.7 Å². The van der Waals surface area contributed by atoms with Crippen molar-refractivity contribution in [1.29, 1.82) is 0 Å². The van der Waals surface area contributed by atoms with Gasteiger partial charge in [-0.2, -0.15) is 0 Å². The molecule has 0 bridgehead atoms. The van der Waals surface area contributed by atoms with Crippen LogP contribution in [-0.2, 0) is 16.4 Å². The van der Waals surface area contributed by atoms with Gasteiger partial charge < -0.3 is 4.52 Å². The van der Waals surface area contributed by atoms with E-state index >= 15 is 0 Å². The first-order chi connectivity index (χ1) is 8.62. The highest BCUT2D eigenvalue weighted by Crippen LogP contribution is 2.15. The molecule has 0 atom stereocenters. The first-order valence-electron chi connectivity index (χ1n) is 5.64. The Morgan fingerprint density at radius 3 is 2.50 bits per heavy atom. The normalized spacial score (nSPS) is 11.4. The molecule has 0 radical (unpaired) electrons. The van der Waals surface area contributed by atoms with E-state index < -0.39 is 10.0 Å². The Hall–Kier alpha value is -1.82. The summed E-state index contributed by atoms with van der Waals surface area (Å²) < 4.78 is 30.9. The van der Waals surface area contributed by atoms with Crippen LogP contribution >= 0.6 is 0 Å². The Morgan fingerprint density at radius 1 is 1.22 bits per heavy atom. The van der Waals surface area contributed by atoms with Gasteiger partial charge in [0.05, 0.1) is 4.90 Å². The Morgan fingerprint density at radius 2 is 1.94 bits per heavy atom. The van der Waals surface area contributed by atoms with Gasteiger partial charge in [-0.3, -0.25) is 4.72 Å². The van der Waals surface area contributed by atoms with Crippen LogP contribution < -0.4 is 4.72 Å². The van der Waals surface area contributed by atoms with Gasteiger partial charge in [-0.1, -0.05) is 30.6 Å². The molecule has 0 saturated heterocycles. The zero-order valence-electron chi connectivity index (χ0n) is 9.96. The number of anilines is 1. The minimum Gasteiger partial charge on any atom is -0.363 e. The van der Waals surface area contributed by atoms with Crippen molar-refractivity contribution in [2.75, 3.05) is 4.72 Å². The van der Waals surface area contributed by atoms with E-state index in [0.29, 0.717) is 0 Å². The lowest BCUT2D eigenvalue weighted by Gasteiger charge is -2.05. The SMILES string of the molecule is CCCc1ccc(S(=O)(=O)Nc2ccon2)cc1. The van der Waals surface area contributed by atoms with E-state index in [2.05, 4.69) is 21.3 Å². The molecule has 0 aliphatic rings. The fourth-order valence-electron chi connectivity index (χ4n) is 1.59. The lowest BCUT2D eigenvalue weighted by molar-refractivity contribution is 0.423. The predicted molar refractivity (Wildman–Crippen MR) is 67.7 cm³/mol. The highest BCUT2D eigenvalue weighted by atomic mass is 32.2. The summed E-state index contributed by atoms with van der Waals surface area (Å²) in [5.41, 5.74) is 1.12. The van der Waals surface area contributed by atoms with Crippen LogP contribution in [-0.4, -0.2) is 13.6 Å². The quantitative estimate of drug-likeness (QED) is 0.902. The van der Waals surface area contributed by atoms with E-state index in [1.807, 2.05) is 12.1 Å². The van der Waals surface area contributed by atoms with Crippen molar-refractivity contribution in [1.82, 2.24) is 5.16 Å². The molecule has 1 N–H and O–H groups in total. The van der Waals surface area contributed by atoms with Gasteiger partial charge in [0.1, 0.15) is 6.26 Å². The monoisotopic (exact) mass is 266 g/mol. The fraction of sp³-hybridized carbons (Fsp3) is 0.250. The van der Waals surface area contributed by atoms with Crippen LogP contribution in [0.25, 0.3) is 0 Å². The van der Waals surface area contributed by atoms with Crippen LogP contribution in [0.5, 0.6) is 0 Å². The molecular formula is C12H14N2O3S. The summed E-state index contributed by atoms with van der Waals surface area (Å²) in [5, 5.41) is 3.51. The molecule has 96 valence electrons. The summed E-state index contributed by atoms with van der Waals surface area (Å²) in [4.78, 5) is 0.213. The van der Waals surface area contributed by atoms with E-state index in [9.17, 15) is 8.42 Å². The minimum absolute atomic E-state index is 0.174. The van der Waals surface area contributed by atoms with Crippen LogP contribution in [0, 0.1) is 0 Å². The van der Waals surface area contributed by atoms with Crippen LogP contribution in [0.15, 0.2) is 46.0 Å². The van der Waals surface area contributed by atoms with Crippen molar-refractivity contribution in [3.63, 3.8) is 0 Å². The number of sulfonamides is 1. The summed E-state index contributed by atoms with van der Waals surface area (Å²) in [6.07, 6.45) is 3.28. The Kier molecular flexibility index (Phi) is 3.66. The maximum absolute atomic E-state index is 12.0. The minimum atomic E-state index is -3.59. The average molecular weight is 266 g/mol. The molecule has 0 amide bonds. The summed E-state index contributed by atoms with van der Waals surface area (Å²) in [5.74, 6) is 0.174. The highest BCUT2D eigenvalue weighted by Gasteiger charge is 2.15. The standard InChI is InChI=1S/C12H14N2O3S/c1-2-3-10-4-6-11(7-5-10)18(15,16)14-12-8-9-17-13-12/h4-9H,2-3H2,1H3,(H,13,14). The van der Waals surface area contributed by atoms with Gasteiger partial charge in [-0.25, -0.2) is 8.42 Å². The van der Waals surface area contributed by atoms with E-state index in [-0.39, 0.29) is 10.7 Å². The van der Waals surface area contributed by atoms with E-state index in [0.717, 1.165) is 18.4 Å². The molecule has 2 rings (SSSR count). The second-order valence-electron chi connectivity index (χ2n) is 3.88. The molecule has 1 heterocycles. The van der Waals surface area contributed by atoms with Crippen molar-refractivity contribution in [3.8, 4) is 0 Å². The van der Waals surface area contributed by atoms with Crippen LogP contribution in [0.2, 0.25) is 0 Å². The van der Waals surface area contributed by atoms with Gasteiger partial charge in [0.25, 0.3) is 10.0 Å². The zero-order valence-corrected chi connectivity index (χ0v) is 10.8. The van der Waals surface area contributed by atoms with Crippen LogP contribution in [0.1, 0.15) is 18.9 Å². The van der Waals surface area contributed by atoms with E-state index in [1.54, 1.807) is 12.1 Å².